The van der Waals surface area contributed by atoms with E-state index in [9.17, 15) is 13.2 Å². The minimum absolute atomic E-state index is 0.106. The molecule has 0 saturated carbocycles. The molecule has 2 aromatic carbocycles. The summed E-state index contributed by atoms with van der Waals surface area (Å²) in [6.07, 6.45) is -4.44. The van der Waals surface area contributed by atoms with Gasteiger partial charge in [0, 0.05) is 42.6 Å². The van der Waals surface area contributed by atoms with E-state index in [1.54, 1.807) is 6.92 Å². The van der Waals surface area contributed by atoms with Gasteiger partial charge in [-0.1, -0.05) is 23.7 Å². The smallest absolute Gasteiger partial charge is 0.416 e. The van der Waals surface area contributed by atoms with Crippen molar-refractivity contribution in [1.82, 2.24) is 15.0 Å². The highest BCUT2D eigenvalue weighted by Gasteiger charge is 2.30. The molecule has 1 aliphatic rings. The molecule has 0 aliphatic carbocycles. The molecule has 4 rings (SSSR count). The predicted octanol–water partition coefficient (Wildman–Crippen LogP) is 5.01. The van der Waals surface area contributed by atoms with E-state index in [2.05, 4.69) is 25.2 Å². The number of rotatable bonds is 6. The number of ether oxygens (including phenoxy) is 1. The van der Waals surface area contributed by atoms with Crippen molar-refractivity contribution in [2.24, 2.45) is 0 Å². The Labute approximate surface area is 194 Å². The van der Waals surface area contributed by atoms with Gasteiger partial charge < -0.3 is 19.9 Å². The third kappa shape index (κ3) is 5.75. The third-order valence-electron chi connectivity index (χ3n) is 5.06. The average Bonchev–Trinajstić information content (AvgIpc) is 2.79. The summed E-state index contributed by atoms with van der Waals surface area (Å²) in [6.45, 7) is 4.89. The number of anilines is 4. The van der Waals surface area contributed by atoms with Gasteiger partial charge in [0.25, 0.3) is 0 Å². The summed E-state index contributed by atoms with van der Waals surface area (Å²) in [6, 6.07) is 12.6. The molecule has 0 unspecified atom stereocenters. The van der Waals surface area contributed by atoms with Crippen molar-refractivity contribution in [3.63, 3.8) is 0 Å². The number of hydrogen-bond acceptors (Lipinski definition) is 7. The maximum absolute atomic E-state index is 13.0. The van der Waals surface area contributed by atoms with Crippen LogP contribution in [0.2, 0.25) is 5.02 Å². The lowest BCUT2D eigenvalue weighted by molar-refractivity contribution is -0.137. The Morgan fingerprint density at radius 2 is 1.70 bits per heavy atom. The van der Waals surface area contributed by atoms with Crippen molar-refractivity contribution < 1.29 is 17.9 Å². The quantitative estimate of drug-likeness (QED) is 0.534. The van der Waals surface area contributed by atoms with E-state index in [1.807, 2.05) is 29.2 Å². The summed E-state index contributed by atoms with van der Waals surface area (Å²) in [5, 5.41) is 3.52. The van der Waals surface area contributed by atoms with Crippen LogP contribution in [-0.4, -0.2) is 47.7 Å². The van der Waals surface area contributed by atoms with E-state index in [0.717, 1.165) is 30.9 Å². The zero-order valence-corrected chi connectivity index (χ0v) is 18.6. The van der Waals surface area contributed by atoms with Gasteiger partial charge in [0.15, 0.2) is 0 Å². The van der Waals surface area contributed by atoms with Crippen molar-refractivity contribution in [2.75, 3.05) is 47.9 Å². The Morgan fingerprint density at radius 3 is 2.39 bits per heavy atom. The Bertz CT molecular complexity index is 1110. The highest BCUT2D eigenvalue weighted by Crippen LogP contribution is 2.31. The van der Waals surface area contributed by atoms with E-state index < -0.39 is 11.7 Å². The Balaban J connectivity index is 1.52. The normalized spacial score (nSPS) is 14.3. The van der Waals surface area contributed by atoms with Gasteiger partial charge in [-0.3, -0.25) is 0 Å². The van der Waals surface area contributed by atoms with Crippen LogP contribution in [-0.2, 0) is 6.18 Å². The summed E-state index contributed by atoms with van der Waals surface area (Å²) < 4.78 is 44.6. The molecule has 0 atom stereocenters. The van der Waals surface area contributed by atoms with Gasteiger partial charge in [0.1, 0.15) is 0 Å². The third-order valence-corrected chi connectivity index (χ3v) is 5.29. The van der Waals surface area contributed by atoms with Gasteiger partial charge in [0.2, 0.25) is 11.9 Å². The standard InChI is InChI=1S/C22H22ClF3N6O/c1-2-33-21-29-19(27-17-7-3-5-15(13-17)22(24,25)26)28-20(30-21)32-11-9-31(10-12-32)18-8-4-6-16(23)14-18/h3-8,13-14H,2,9-12H2,1H3,(H,27,28,29,30). The van der Waals surface area contributed by atoms with Gasteiger partial charge in [-0.2, -0.15) is 28.1 Å². The predicted molar refractivity (Wildman–Crippen MR) is 122 cm³/mol. The molecule has 1 saturated heterocycles. The van der Waals surface area contributed by atoms with E-state index in [-0.39, 0.29) is 17.6 Å². The molecule has 174 valence electrons. The highest BCUT2D eigenvalue weighted by molar-refractivity contribution is 6.30. The number of piperazine rings is 1. The lowest BCUT2D eigenvalue weighted by Crippen LogP contribution is -2.47. The molecule has 0 radical (unpaired) electrons. The van der Waals surface area contributed by atoms with E-state index in [1.165, 1.54) is 12.1 Å². The van der Waals surface area contributed by atoms with Crippen molar-refractivity contribution in [1.29, 1.82) is 0 Å². The summed E-state index contributed by atoms with van der Waals surface area (Å²) in [5.74, 6) is 0.508. The van der Waals surface area contributed by atoms with Gasteiger partial charge in [-0.05, 0) is 43.3 Å². The average molecular weight is 479 g/mol. The Kier molecular flexibility index (Phi) is 6.73. The van der Waals surface area contributed by atoms with Crippen LogP contribution in [0.25, 0.3) is 0 Å². The first kappa shape index (κ1) is 22.9. The monoisotopic (exact) mass is 478 g/mol. The second-order valence-corrected chi connectivity index (χ2v) is 7.77. The molecule has 1 aliphatic heterocycles. The Morgan fingerprint density at radius 1 is 0.970 bits per heavy atom. The number of hydrogen-bond donors (Lipinski definition) is 1. The first-order valence-corrected chi connectivity index (χ1v) is 10.8. The lowest BCUT2D eigenvalue weighted by Gasteiger charge is -2.36. The molecular weight excluding hydrogens is 457 g/mol. The number of nitrogens with zero attached hydrogens (tertiary/aromatic N) is 5. The molecule has 0 bridgehead atoms. The maximum Gasteiger partial charge on any atom is 0.416 e. The number of benzene rings is 2. The van der Waals surface area contributed by atoms with Crippen LogP contribution in [0.15, 0.2) is 48.5 Å². The molecule has 3 aromatic rings. The van der Waals surface area contributed by atoms with E-state index >= 15 is 0 Å². The van der Waals surface area contributed by atoms with Crippen LogP contribution in [0.1, 0.15) is 12.5 Å². The number of alkyl halides is 3. The second-order valence-electron chi connectivity index (χ2n) is 7.33. The van der Waals surface area contributed by atoms with Gasteiger partial charge in [-0.15, -0.1) is 0 Å². The fraction of sp³-hybridized carbons (Fsp3) is 0.318. The lowest BCUT2D eigenvalue weighted by atomic mass is 10.2. The second kappa shape index (κ2) is 9.70. The summed E-state index contributed by atoms with van der Waals surface area (Å²) in [5.41, 5.74) is 0.499. The first-order chi connectivity index (χ1) is 15.8. The Hall–Kier alpha value is -3.27. The zero-order valence-electron chi connectivity index (χ0n) is 17.8. The van der Waals surface area contributed by atoms with Gasteiger partial charge >= 0.3 is 12.2 Å². The van der Waals surface area contributed by atoms with Crippen molar-refractivity contribution in [3.8, 4) is 6.01 Å². The number of aromatic nitrogens is 3. The molecule has 11 heteroatoms. The molecule has 0 spiro atoms. The fourth-order valence-corrected chi connectivity index (χ4v) is 3.66. The zero-order chi connectivity index (χ0) is 23.4. The van der Waals surface area contributed by atoms with E-state index in [0.29, 0.717) is 30.7 Å². The largest absolute Gasteiger partial charge is 0.464 e. The van der Waals surface area contributed by atoms with Crippen LogP contribution in [0.4, 0.5) is 36.4 Å². The van der Waals surface area contributed by atoms with E-state index in [4.69, 9.17) is 16.3 Å². The molecule has 1 N–H and O–H groups in total. The highest BCUT2D eigenvalue weighted by atomic mass is 35.5. The minimum atomic E-state index is -4.44. The van der Waals surface area contributed by atoms with Crippen molar-refractivity contribution in [2.45, 2.75) is 13.1 Å². The van der Waals surface area contributed by atoms with Gasteiger partial charge in [0.05, 0.1) is 12.2 Å². The topological polar surface area (TPSA) is 66.4 Å². The molecule has 33 heavy (non-hydrogen) atoms. The number of halogens is 4. The summed E-state index contributed by atoms with van der Waals surface area (Å²) in [4.78, 5) is 17.2. The molecule has 1 aromatic heterocycles. The van der Waals surface area contributed by atoms with Gasteiger partial charge in [-0.25, -0.2) is 0 Å². The SMILES string of the molecule is CCOc1nc(Nc2cccc(C(F)(F)F)c2)nc(N2CCN(c3cccc(Cl)c3)CC2)n1. The fourth-order valence-electron chi connectivity index (χ4n) is 3.48. The molecule has 2 heterocycles. The van der Waals surface area contributed by atoms with Crippen LogP contribution in [0.3, 0.4) is 0 Å². The maximum atomic E-state index is 13.0. The van der Waals surface area contributed by atoms with Crippen LogP contribution >= 0.6 is 11.6 Å². The molecule has 1 fully saturated rings. The minimum Gasteiger partial charge on any atom is -0.464 e. The summed E-state index contributed by atoms with van der Waals surface area (Å²) >= 11 is 6.11. The van der Waals surface area contributed by atoms with Crippen LogP contribution in [0.5, 0.6) is 6.01 Å². The van der Waals surface area contributed by atoms with Crippen molar-refractivity contribution in [3.05, 3.63) is 59.1 Å². The van der Waals surface area contributed by atoms with Crippen LogP contribution in [0, 0.1) is 0 Å². The molecule has 7 nitrogen and oxygen atoms in total. The first-order valence-electron chi connectivity index (χ1n) is 10.4. The summed E-state index contributed by atoms with van der Waals surface area (Å²) in [7, 11) is 0. The van der Waals surface area contributed by atoms with Crippen molar-refractivity contribution >= 4 is 34.9 Å². The molecule has 0 amide bonds. The molecular formula is C22H22ClF3N6O. The number of nitrogens with one attached hydrogen (secondary N) is 1. The van der Waals surface area contributed by atoms with Crippen LogP contribution < -0.4 is 19.9 Å².